The van der Waals surface area contributed by atoms with E-state index in [0.717, 1.165) is 26.1 Å². The van der Waals surface area contributed by atoms with Crippen LogP contribution in [0.3, 0.4) is 0 Å². The molecule has 3 heteroatoms. The number of carbonyl (C=O) groups is 1. The van der Waals surface area contributed by atoms with Gasteiger partial charge >= 0.3 is 0 Å². The molecule has 19 heavy (non-hydrogen) atoms. The maximum absolute atomic E-state index is 11.8. The Morgan fingerprint density at radius 2 is 2.16 bits per heavy atom. The van der Waals surface area contributed by atoms with Gasteiger partial charge in [0, 0.05) is 19.6 Å². The first-order valence-corrected chi connectivity index (χ1v) is 6.94. The van der Waals surface area contributed by atoms with Crippen molar-refractivity contribution < 1.29 is 4.79 Å². The fourth-order valence-corrected chi connectivity index (χ4v) is 2.59. The van der Waals surface area contributed by atoms with Gasteiger partial charge in [-0.3, -0.25) is 9.69 Å². The molecule has 3 nitrogen and oxygen atoms in total. The van der Waals surface area contributed by atoms with Gasteiger partial charge in [-0.15, -0.1) is 0 Å². The molecule has 1 aliphatic heterocycles. The molecule has 1 aliphatic rings. The summed E-state index contributed by atoms with van der Waals surface area (Å²) in [6.07, 6.45) is 3.06. The van der Waals surface area contributed by atoms with Gasteiger partial charge in [-0.05, 0) is 18.9 Å². The lowest BCUT2D eigenvalue weighted by atomic mass is 10.1. The molecule has 1 aromatic carbocycles. The molecule has 1 N–H and O–H groups in total. The van der Waals surface area contributed by atoms with E-state index >= 15 is 0 Å². The zero-order valence-corrected chi connectivity index (χ0v) is 11.7. The molecule has 0 bridgehead atoms. The van der Waals surface area contributed by atoms with Crippen LogP contribution < -0.4 is 5.32 Å². The normalized spacial score (nSPS) is 21.3. The first-order chi connectivity index (χ1) is 9.20. The molecule has 0 saturated carbocycles. The quantitative estimate of drug-likeness (QED) is 0.898. The third kappa shape index (κ3) is 3.67. The summed E-state index contributed by atoms with van der Waals surface area (Å²) in [5, 5.41) is 2.94. The van der Waals surface area contributed by atoms with Crippen LogP contribution in [0.25, 0.3) is 6.08 Å². The summed E-state index contributed by atoms with van der Waals surface area (Å²) < 4.78 is 0. The lowest BCUT2D eigenvalue weighted by molar-refractivity contribution is -0.128. The summed E-state index contributed by atoms with van der Waals surface area (Å²) in [7, 11) is 0. The zero-order chi connectivity index (χ0) is 13.7. The molecule has 1 aromatic rings. The molecular formula is C16H22N2O. The van der Waals surface area contributed by atoms with Crippen molar-refractivity contribution in [3.05, 3.63) is 41.5 Å². The maximum atomic E-state index is 11.8. The van der Waals surface area contributed by atoms with Crippen LogP contribution in [0.15, 0.2) is 35.9 Å². The second-order valence-electron chi connectivity index (χ2n) is 5.09. The molecule has 1 saturated heterocycles. The van der Waals surface area contributed by atoms with Gasteiger partial charge in [0.1, 0.15) is 0 Å². The Morgan fingerprint density at radius 3 is 2.84 bits per heavy atom. The molecule has 1 amide bonds. The van der Waals surface area contributed by atoms with Crippen molar-refractivity contribution in [3.8, 4) is 0 Å². The highest BCUT2D eigenvalue weighted by Gasteiger charge is 2.27. The van der Waals surface area contributed by atoms with Crippen molar-refractivity contribution in [1.82, 2.24) is 10.2 Å². The largest absolute Gasteiger partial charge is 0.353 e. The lowest BCUT2D eigenvalue weighted by Crippen LogP contribution is -2.55. The van der Waals surface area contributed by atoms with E-state index in [1.807, 2.05) is 18.2 Å². The molecular weight excluding hydrogens is 236 g/mol. The average molecular weight is 258 g/mol. The van der Waals surface area contributed by atoms with E-state index in [0.29, 0.717) is 0 Å². The molecule has 102 valence electrons. The van der Waals surface area contributed by atoms with E-state index in [-0.39, 0.29) is 11.9 Å². The minimum atomic E-state index is 0.0212. The summed E-state index contributed by atoms with van der Waals surface area (Å²) in [6, 6.07) is 10.3. The second-order valence-corrected chi connectivity index (χ2v) is 5.09. The number of hydrogen-bond donors (Lipinski definition) is 1. The lowest BCUT2D eigenvalue weighted by Gasteiger charge is -2.34. The van der Waals surface area contributed by atoms with Crippen molar-refractivity contribution in [1.29, 1.82) is 0 Å². The Hall–Kier alpha value is -1.61. The van der Waals surface area contributed by atoms with E-state index in [9.17, 15) is 4.79 Å². The van der Waals surface area contributed by atoms with Gasteiger partial charge in [-0.2, -0.15) is 0 Å². The molecule has 1 fully saturated rings. The SMILES string of the molecule is CCC1C(=O)NCCN1C/C(C)=C/c1ccccc1. The van der Waals surface area contributed by atoms with E-state index in [4.69, 9.17) is 0 Å². The molecule has 0 aromatic heterocycles. The summed E-state index contributed by atoms with van der Waals surface area (Å²) in [5.41, 5.74) is 2.51. The van der Waals surface area contributed by atoms with Crippen LogP contribution in [-0.2, 0) is 4.79 Å². The van der Waals surface area contributed by atoms with E-state index < -0.39 is 0 Å². The van der Waals surface area contributed by atoms with Crippen molar-refractivity contribution in [2.75, 3.05) is 19.6 Å². The maximum Gasteiger partial charge on any atom is 0.237 e. The summed E-state index contributed by atoms with van der Waals surface area (Å²) in [5.74, 6) is 0.168. The van der Waals surface area contributed by atoms with Crippen LogP contribution in [0.5, 0.6) is 0 Å². The summed E-state index contributed by atoms with van der Waals surface area (Å²) in [6.45, 7) is 6.75. The Balaban J connectivity index is 2.03. The number of benzene rings is 1. The number of piperazine rings is 1. The van der Waals surface area contributed by atoms with Crippen molar-refractivity contribution >= 4 is 12.0 Å². The molecule has 2 rings (SSSR count). The highest BCUT2D eigenvalue weighted by molar-refractivity contribution is 5.82. The van der Waals surface area contributed by atoms with Gasteiger partial charge in [-0.25, -0.2) is 0 Å². The number of amides is 1. The molecule has 1 atom stereocenters. The zero-order valence-electron chi connectivity index (χ0n) is 11.7. The van der Waals surface area contributed by atoms with Crippen LogP contribution in [-0.4, -0.2) is 36.5 Å². The molecule has 0 aliphatic carbocycles. The number of hydrogen-bond acceptors (Lipinski definition) is 2. The molecule has 0 spiro atoms. The van der Waals surface area contributed by atoms with Gasteiger partial charge < -0.3 is 5.32 Å². The van der Waals surface area contributed by atoms with E-state index in [1.165, 1.54) is 11.1 Å². The fraction of sp³-hybridized carbons (Fsp3) is 0.438. The van der Waals surface area contributed by atoms with Gasteiger partial charge in [0.25, 0.3) is 0 Å². The standard InChI is InChI=1S/C16H22N2O/c1-3-15-16(19)17-9-10-18(15)12-13(2)11-14-7-5-4-6-8-14/h4-8,11,15H,3,9-10,12H2,1-2H3,(H,17,19)/b13-11+. The van der Waals surface area contributed by atoms with Crippen LogP contribution in [0.1, 0.15) is 25.8 Å². The predicted molar refractivity (Wildman–Crippen MR) is 78.8 cm³/mol. The summed E-state index contributed by atoms with van der Waals surface area (Å²) >= 11 is 0. The van der Waals surface area contributed by atoms with Gasteiger partial charge in [0.15, 0.2) is 0 Å². The number of nitrogens with zero attached hydrogens (tertiary/aromatic N) is 1. The number of rotatable bonds is 4. The second kappa shape index (κ2) is 6.53. The van der Waals surface area contributed by atoms with Crippen LogP contribution >= 0.6 is 0 Å². The predicted octanol–water partition coefficient (Wildman–Crippen LogP) is 2.30. The van der Waals surface area contributed by atoms with Crippen molar-refractivity contribution in [2.24, 2.45) is 0 Å². The van der Waals surface area contributed by atoms with E-state index in [2.05, 4.69) is 42.3 Å². The smallest absolute Gasteiger partial charge is 0.237 e. The van der Waals surface area contributed by atoms with E-state index in [1.54, 1.807) is 0 Å². The molecule has 1 heterocycles. The first-order valence-electron chi connectivity index (χ1n) is 6.94. The third-order valence-corrected chi connectivity index (χ3v) is 3.49. The highest BCUT2D eigenvalue weighted by atomic mass is 16.2. The van der Waals surface area contributed by atoms with Crippen LogP contribution in [0.4, 0.5) is 0 Å². The monoisotopic (exact) mass is 258 g/mol. The summed E-state index contributed by atoms with van der Waals surface area (Å²) in [4.78, 5) is 14.1. The fourth-order valence-electron chi connectivity index (χ4n) is 2.59. The highest BCUT2D eigenvalue weighted by Crippen LogP contribution is 2.13. The van der Waals surface area contributed by atoms with Gasteiger partial charge in [0.2, 0.25) is 5.91 Å². The van der Waals surface area contributed by atoms with Crippen LogP contribution in [0.2, 0.25) is 0 Å². The Morgan fingerprint density at radius 1 is 1.42 bits per heavy atom. The minimum Gasteiger partial charge on any atom is -0.353 e. The number of carbonyl (C=O) groups excluding carboxylic acids is 1. The Kier molecular flexibility index (Phi) is 4.74. The average Bonchev–Trinajstić information content (AvgIpc) is 2.40. The molecule has 1 unspecified atom stereocenters. The Bertz CT molecular complexity index is 453. The molecule has 0 radical (unpaired) electrons. The first kappa shape index (κ1) is 13.8. The van der Waals surface area contributed by atoms with Crippen molar-refractivity contribution in [3.63, 3.8) is 0 Å². The Labute approximate surface area is 115 Å². The van der Waals surface area contributed by atoms with Crippen LogP contribution in [0, 0.1) is 0 Å². The third-order valence-electron chi connectivity index (χ3n) is 3.49. The minimum absolute atomic E-state index is 0.0212. The topological polar surface area (TPSA) is 32.3 Å². The van der Waals surface area contributed by atoms with Crippen molar-refractivity contribution in [2.45, 2.75) is 26.3 Å². The van der Waals surface area contributed by atoms with Gasteiger partial charge in [-0.1, -0.05) is 48.9 Å². The number of nitrogens with one attached hydrogen (secondary N) is 1. The van der Waals surface area contributed by atoms with Gasteiger partial charge in [0.05, 0.1) is 6.04 Å².